The van der Waals surface area contributed by atoms with E-state index in [0.717, 1.165) is 11.8 Å². The number of nitrogens with one attached hydrogen (secondary N) is 1. The summed E-state index contributed by atoms with van der Waals surface area (Å²) in [6.07, 6.45) is 1.79. The van der Waals surface area contributed by atoms with Crippen LogP contribution in [-0.4, -0.2) is 51.0 Å². The van der Waals surface area contributed by atoms with Gasteiger partial charge in [-0.1, -0.05) is 53.9 Å². The van der Waals surface area contributed by atoms with Crippen LogP contribution in [0.3, 0.4) is 0 Å². The first-order valence-electron chi connectivity index (χ1n) is 11.1. The van der Waals surface area contributed by atoms with Gasteiger partial charge in [0.05, 0.1) is 11.9 Å². The second-order valence-corrected chi connectivity index (χ2v) is 11.4. The van der Waals surface area contributed by atoms with E-state index in [1.807, 2.05) is 6.92 Å². The Balaban J connectivity index is 2.26. The van der Waals surface area contributed by atoms with Crippen LogP contribution in [0.2, 0.25) is 15.1 Å². The van der Waals surface area contributed by atoms with Crippen LogP contribution in [0.4, 0.5) is 5.69 Å². The summed E-state index contributed by atoms with van der Waals surface area (Å²) in [6, 6.07) is 9.28. The summed E-state index contributed by atoms with van der Waals surface area (Å²) in [5.41, 5.74) is 1.86. The summed E-state index contributed by atoms with van der Waals surface area (Å²) >= 11 is 18.4. The minimum absolute atomic E-state index is 0.0321. The molecule has 2 aromatic rings. The van der Waals surface area contributed by atoms with Gasteiger partial charge in [-0.05, 0) is 55.2 Å². The molecule has 0 aromatic heterocycles. The molecule has 192 valence electrons. The lowest BCUT2D eigenvalue weighted by atomic mass is 10.1. The van der Waals surface area contributed by atoms with Gasteiger partial charge in [-0.3, -0.25) is 13.9 Å². The largest absolute Gasteiger partial charge is 0.357 e. The first kappa shape index (κ1) is 29.2. The fourth-order valence-corrected chi connectivity index (χ4v) is 5.40. The average molecular weight is 563 g/mol. The molecule has 0 aliphatic rings. The smallest absolute Gasteiger partial charge is 0.242 e. The van der Waals surface area contributed by atoms with E-state index in [0.29, 0.717) is 32.7 Å². The molecule has 0 bridgehead atoms. The molecule has 0 saturated carbocycles. The van der Waals surface area contributed by atoms with Gasteiger partial charge in [0.1, 0.15) is 6.04 Å². The molecule has 2 rings (SSSR count). The lowest BCUT2D eigenvalue weighted by Crippen LogP contribution is -2.48. The van der Waals surface area contributed by atoms with Crippen molar-refractivity contribution < 1.29 is 18.0 Å². The Labute approximate surface area is 222 Å². The maximum absolute atomic E-state index is 13.3. The van der Waals surface area contributed by atoms with Crippen LogP contribution in [-0.2, 0) is 26.2 Å². The van der Waals surface area contributed by atoms with E-state index in [4.69, 9.17) is 34.8 Å². The van der Waals surface area contributed by atoms with Gasteiger partial charge in [-0.2, -0.15) is 0 Å². The molecule has 0 saturated heterocycles. The van der Waals surface area contributed by atoms with Crippen molar-refractivity contribution in [3.63, 3.8) is 0 Å². The molecule has 0 unspecified atom stereocenters. The maximum Gasteiger partial charge on any atom is 0.242 e. The predicted molar refractivity (Wildman–Crippen MR) is 143 cm³/mol. The number of aryl methyl sites for hydroxylation is 1. The van der Waals surface area contributed by atoms with Gasteiger partial charge in [-0.15, -0.1) is 0 Å². The van der Waals surface area contributed by atoms with Crippen LogP contribution in [0, 0.1) is 6.92 Å². The number of likely N-dealkylation sites (N-methyl/N-ethyl adjacent to an activating group) is 1. The number of hydrogen-bond donors (Lipinski definition) is 1. The number of carbonyl (C=O) groups is 2. The Morgan fingerprint density at radius 1 is 1.06 bits per heavy atom. The van der Waals surface area contributed by atoms with Crippen molar-refractivity contribution >= 4 is 62.3 Å². The predicted octanol–water partition coefficient (Wildman–Crippen LogP) is 5.05. The number of anilines is 1. The Kier molecular flexibility index (Phi) is 10.7. The molecule has 0 radical (unpaired) electrons. The van der Waals surface area contributed by atoms with E-state index >= 15 is 0 Å². The number of carbonyl (C=O) groups excluding carboxylic acids is 2. The molecule has 1 atom stereocenters. The van der Waals surface area contributed by atoms with E-state index in [1.165, 1.54) is 16.3 Å². The van der Waals surface area contributed by atoms with Crippen LogP contribution in [0.1, 0.15) is 37.3 Å². The van der Waals surface area contributed by atoms with Gasteiger partial charge in [0, 0.05) is 41.6 Å². The van der Waals surface area contributed by atoms with E-state index in [2.05, 4.69) is 5.32 Å². The normalized spacial score (nSPS) is 12.2. The first-order valence-corrected chi connectivity index (χ1v) is 14.1. The topological polar surface area (TPSA) is 86.8 Å². The molecular formula is C24H30Cl3N3O4S. The van der Waals surface area contributed by atoms with E-state index in [1.54, 1.807) is 43.3 Å². The van der Waals surface area contributed by atoms with Gasteiger partial charge in [0.25, 0.3) is 0 Å². The van der Waals surface area contributed by atoms with Gasteiger partial charge < -0.3 is 10.2 Å². The van der Waals surface area contributed by atoms with Gasteiger partial charge in [0.2, 0.25) is 21.8 Å². The van der Waals surface area contributed by atoms with E-state index in [-0.39, 0.29) is 37.7 Å². The highest BCUT2D eigenvalue weighted by molar-refractivity contribution is 7.92. The molecule has 35 heavy (non-hydrogen) atoms. The third-order valence-corrected chi connectivity index (χ3v) is 7.58. The number of nitrogens with zero attached hydrogens (tertiary/aromatic N) is 2. The molecular weight excluding hydrogens is 533 g/mol. The average Bonchev–Trinajstić information content (AvgIpc) is 2.78. The number of hydrogen-bond acceptors (Lipinski definition) is 4. The maximum atomic E-state index is 13.3. The van der Waals surface area contributed by atoms with Crippen LogP contribution in [0.25, 0.3) is 0 Å². The summed E-state index contributed by atoms with van der Waals surface area (Å²) in [5, 5.41) is 3.87. The number of benzene rings is 2. The van der Waals surface area contributed by atoms with Crippen LogP contribution >= 0.6 is 34.8 Å². The van der Waals surface area contributed by atoms with Gasteiger partial charge in [0.15, 0.2) is 0 Å². The minimum Gasteiger partial charge on any atom is -0.357 e. The van der Waals surface area contributed by atoms with Crippen molar-refractivity contribution in [3.05, 3.63) is 62.6 Å². The van der Waals surface area contributed by atoms with E-state index in [9.17, 15) is 18.0 Å². The van der Waals surface area contributed by atoms with Crippen LogP contribution in [0.5, 0.6) is 0 Å². The van der Waals surface area contributed by atoms with Crippen molar-refractivity contribution in [2.75, 3.05) is 24.2 Å². The molecule has 2 amide bonds. The van der Waals surface area contributed by atoms with Gasteiger partial charge in [-0.25, -0.2) is 8.42 Å². The van der Waals surface area contributed by atoms with E-state index < -0.39 is 16.1 Å². The molecule has 11 heteroatoms. The molecule has 2 aromatic carbocycles. The van der Waals surface area contributed by atoms with Crippen molar-refractivity contribution in [1.82, 2.24) is 10.2 Å². The Hall–Kier alpha value is -2.00. The first-order chi connectivity index (χ1) is 16.4. The van der Waals surface area contributed by atoms with Crippen LogP contribution in [0.15, 0.2) is 36.4 Å². The molecule has 7 nitrogen and oxygen atoms in total. The zero-order valence-corrected chi connectivity index (χ0v) is 23.2. The Morgan fingerprint density at radius 3 is 2.26 bits per heavy atom. The van der Waals surface area contributed by atoms with Crippen LogP contribution < -0.4 is 9.62 Å². The standard InChI is InChI=1S/C24H30Cl3N3O4S/c1-5-21(24(32)28-3)29(15-17-9-11-18(25)13-20(17)27)23(31)7-6-12-30(35(4,33)34)22-14-19(26)10-8-16(22)2/h8-11,13-14,21H,5-7,12,15H2,1-4H3,(H,28,32)/t21-/m1/s1. The summed E-state index contributed by atoms with van der Waals surface area (Å²) < 4.78 is 26.3. The quantitative estimate of drug-likeness (QED) is 0.415. The lowest BCUT2D eigenvalue weighted by Gasteiger charge is -2.31. The fourth-order valence-electron chi connectivity index (χ4n) is 3.75. The van der Waals surface area contributed by atoms with Crippen molar-refractivity contribution in [3.8, 4) is 0 Å². The summed E-state index contributed by atoms with van der Waals surface area (Å²) in [4.78, 5) is 27.3. The molecule has 0 spiro atoms. The third-order valence-electron chi connectivity index (χ3n) is 5.58. The highest BCUT2D eigenvalue weighted by atomic mass is 35.5. The van der Waals surface area contributed by atoms with Crippen molar-refractivity contribution in [1.29, 1.82) is 0 Å². The number of halogens is 3. The molecule has 0 aliphatic heterocycles. The van der Waals surface area contributed by atoms with Crippen molar-refractivity contribution in [2.45, 2.75) is 45.7 Å². The van der Waals surface area contributed by atoms with Gasteiger partial charge >= 0.3 is 0 Å². The summed E-state index contributed by atoms with van der Waals surface area (Å²) in [7, 11) is -2.10. The second kappa shape index (κ2) is 12.8. The molecule has 0 heterocycles. The number of rotatable bonds is 11. The highest BCUT2D eigenvalue weighted by Crippen LogP contribution is 2.27. The third kappa shape index (κ3) is 8.00. The second-order valence-electron chi connectivity index (χ2n) is 8.17. The highest BCUT2D eigenvalue weighted by Gasteiger charge is 2.29. The number of amides is 2. The molecule has 0 aliphatic carbocycles. The minimum atomic E-state index is -3.62. The monoisotopic (exact) mass is 561 g/mol. The summed E-state index contributed by atoms with van der Waals surface area (Å²) in [5.74, 6) is -0.582. The molecule has 1 N–H and O–H groups in total. The Morgan fingerprint density at radius 2 is 1.69 bits per heavy atom. The summed E-state index contributed by atoms with van der Waals surface area (Å²) in [6.45, 7) is 3.81. The Bertz CT molecular complexity index is 1170. The zero-order valence-electron chi connectivity index (χ0n) is 20.1. The fraction of sp³-hybridized carbons (Fsp3) is 0.417. The number of sulfonamides is 1. The SMILES string of the molecule is CC[C@H](C(=O)NC)N(Cc1ccc(Cl)cc1Cl)C(=O)CCCN(c1cc(Cl)ccc1C)S(C)(=O)=O. The van der Waals surface area contributed by atoms with Crippen molar-refractivity contribution in [2.24, 2.45) is 0 Å². The molecule has 0 fully saturated rings. The zero-order chi connectivity index (χ0) is 26.3. The lowest BCUT2D eigenvalue weighted by molar-refractivity contribution is -0.141.